The summed E-state index contributed by atoms with van der Waals surface area (Å²) in [6, 6.07) is 8.66. The molecule has 17 heavy (non-hydrogen) atoms. The monoisotopic (exact) mass is 293 g/mol. The summed E-state index contributed by atoms with van der Waals surface area (Å²) in [7, 11) is 1.90. The molecular formula is C13H16BrN3. The summed E-state index contributed by atoms with van der Waals surface area (Å²) in [6.07, 6.45) is 2.07. The minimum Gasteiger partial charge on any atom is -0.359 e. The van der Waals surface area contributed by atoms with Gasteiger partial charge in [0.25, 0.3) is 0 Å². The van der Waals surface area contributed by atoms with Crippen LogP contribution in [-0.2, 0) is 0 Å². The van der Waals surface area contributed by atoms with E-state index in [2.05, 4.69) is 68.2 Å². The van der Waals surface area contributed by atoms with Gasteiger partial charge in [0.1, 0.15) is 0 Å². The molecule has 2 aromatic rings. The van der Waals surface area contributed by atoms with Gasteiger partial charge in [0.05, 0.1) is 11.7 Å². The van der Waals surface area contributed by atoms with Crippen LogP contribution in [0.5, 0.6) is 0 Å². The van der Waals surface area contributed by atoms with E-state index in [4.69, 9.17) is 0 Å². The third-order valence-electron chi connectivity index (χ3n) is 2.85. The van der Waals surface area contributed by atoms with Crippen LogP contribution in [0.2, 0.25) is 0 Å². The van der Waals surface area contributed by atoms with Crippen LogP contribution in [0.3, 0.4) is 0 Å². The molecular weight excluding hydrogens is 278 g/mol. The molecule has 0 aliphatic heterocycles. The van der Waals surface area contributed by atoms with Gasteiger partial charge in [0.2, 0.25) is 5.95 Å². The Bertz CT molecular complexity index is 502. The fraction of sp³-hybridized carbons (Fsp3) is 0.308. The molecule has 0 amide bonds. The average Bonchev–Trinajstić information content (AvgIpc) is 2.70. The van der Waals surface area contributed by atoms with Crippen molar-refractivity contribution >= 4 is 21.9 Å². The first-order valence-electron chi connectivity index (χ1n) is 5.60. The van der Waals surface area contributed by atoms with Crippen molar-refractivity contribution in [3.05, 3.63) is 46.2 Å². The van der Waals surface area contributed by atoms with Gasteiger partial charge in [-0.3, -0.25) is 0 Å². The highest BCUT2D eigenvalue weighted by atomic mass is 79.9. The number of hydrogen-bond donors (Lipinski definition) is 1. The first kappa shape index (κ1) is 12.2. The Balaban J connectivity index is 2.35. The van der Waals surface area contributed by atoms with E-state index in [0.29, 0.717) is 0 Å². The highest BCUT2D eigenvalue weighted by Crippen LogP contribution is 2.23. The number of anilines is 1. The molecule has 1 heterocycles. The molecule has 0 saturated heterocycles. The Labute approximate surface area is 110 Å². The zero-order valence-corrected chi connectivity index (χ0v) is 11.8. The second-order valence-electron chi connectivity index (χ2n) is 4.09. The zero-order chi connectivity index (χ0) is 12.4. The van der Waals surface area contributed by atoms with Gasteiger partial charge in [0.15, 0.2) is 0 Å². The highest BCUT2D eigenvalue weighted by Gasteiger charge is 2.12. The lowest BCUT2D eigenvalue weighted by molar-refractivity contribution is 0.645. The van der Waals surface area contributed by atoms with Crippen molar-refractivity contribution < 1.29 is 0 Å². The van der Waals surface area contributed by atoms with Crippen molar-refractivity contribution in [2.45, 2.75) is 19.9 Å². The molecule has 0 aliphatic carbocycles. The SMILES string of the molecule is CNc1nc(C)cn1C(C)c1ccc(Br)cc1. The lowest BCUT2D eigenvalue weighted by Crippen LogP contribution is -2.09. The second kappa shape index (κ2) is 4.92. The maximum absolute atomic E-state index is 4.44. The molecule has 1 aromatic heterocycles. The summed E-state index contributed by atoms with van der Waals surface area (Å²) in [5.74, 6) is 0.901. The molecule has 1 unspecified atom stereocenters. The number of nitrogens with one attached hydrogen (secondary N) is 1. The van der Waals surface area contributed by atoms with E-state index in [9.17, 15) is 0 Å². The molecule has 0 radical (unpaired) electrons. The predicted octanol–water partition coefficient (Wildman–Crippen LogP) is 3.61. The van der Waals surface area contributed by atoms with Gasteiger partial charge in [-0.2, -0.15) is 0 Å². The molecule has 0 saturated carbocycles. The third-order valence-corrected chi connectivity index (χ3v) is 3.37. The Morgan fingerprint density at radius 1 is 1.29 bits per heavy atom. The molecule has 3 nitrogen and oxygen atoms in total. The average molecular weight is 294 g/mol. The summed E-state index contributed by atoms with van der Waals surface area (Å²) >= 11 is 3.45. The van der Waals surface area contributed by atoms with Gasteiger partial charge < -0.3 is 9.88 Å². The van der Waals surface area contributed by atoms with Crippen molar-refractivity contribution in [2.24, 2.45) is 0 Å². The zero-order valence-electron chi connectivity index (χ0n) is 10.2. The fourth-order valence-corrected chi connectivity index (χ4v) is 2.16. The number of halogens is 1. The van der Waals surface area contributed by atoms with Crippen LogP contribution in [0.15, 0.2) is 34.9 Å². The maximum Gasteiger partial charge on any atom is 0.203 e. The second-order valence-corrected chi connectivity index (χ2v) is 5.01. The van der Waals surface area contributed by atoms with E-state index in [1.54, 1.807) is 0 Å². The first-order chi connectivity index (χ1) is 8.11. The lowest BCUT2D eigenvalue weighted by atomic mass is 10.1. The lowest BCUT2D eigenvalue weighted by Gasteiger charge is -2.16. The number of nitrogens with zero attached hydrogens (tertiary/aromatic N) is 2. The Hall–Kier alpha value is -1.29. The molecule has 0 spiro atoms. The summed E-state index contributed by atoms with van der Waals surface area (Å²) in [5.41, 5.74) is 2.29. The van der Waals surface area contributed by atoms with Gasteiger partial charge in [0, 0.05) is 17.7 Å². The van der Waals surface area contributed by atoms with Crippen molar-refractivity contribution in [1.29, 1.82) is 0 Å². The summed E-state index contributed by atoms with van der Waals surface area (Å²) in [6.45, 7) is 4.18. The fourth-order valence-electron chi connectivity index (χ4n) is 1.90. The normalized spacial score (nSPS) is 12.5. The number of imidazole rings is 1. The first-order valence-corrected chi connectivity index (χ1v) is 6.40. The molecule has 2 rings (SSSR count). The van der Waals surface area contributed by atoms with E-state index < -0.39 is 0 Å². The molecule has 1 aromatic carbocycles. The summed E-state index contributed by atoms with van der Waals surface area (Å²) < 4.78 is 3.25. The van der Waals surface area contributed by atoms with Gasteiger partial charge in [-0.1, -0.05) is 28.1 Å². The summed E-state index contributed by atoms with van der Waals surface area (Å²) in [5, 5.41) is 3.12. The summed E-state index contributed by atoms with van der Waals surface area (Å²) in [4.78, 5) is 4.44. The Morgan fingerprint density at radius 3 is 2.53 bits per heavy atom. The van der Waals surface area contributed by atoms with Crippen LogP contribution in [-0.4, -0.2) is 16.6 Å². The van der Waals surface area contributed by atoms with Crippen molar-refractivity contribution in [3.63, 3.8) is 0 Å². The Kier molecular flexibility index (Phi) is 3.52. The molecule has 0 bridgehead atoms. The smallest absolute Gasteiger partial charge is 0.203 e. The van der Waals surface area contributed by atoms with Crippen LogP contribution < -0.4 is 5.32 Å². The minimum atomic E-state index is 0.270. The van der Waals surface area contributed by atoms with E-state index in [0.717, 1.165) is 16.1 Å². The van der Waals surface area contributed by atoms with Crippen molar-refractivity contribution in [3.8, 4) is 0 Å². The molecule has 90 valence electrons. The molecule has 0 aliphatic rings. The quantitative estimate of drug-likeness (QED) is 0.937. The maximum atomic E-state index is 4.44. The van der Waals surface area contributed by atoms with Crippen molar-refractivity contribution in [2.75, 3.05) is 12.4 Å². The van der Waals surface area contributed by atoms with Crippen molar-refractivity contribution in [1.82, 2.24) is 9.55 Å². The predicted molar refractivity (Wildman–Crippen MR) is 74.5 cm³/mol. The van der Waals surface area contributed by atoms with Gasteiger partial charge in [-0.25, -0.2) is 4.98 Å². The number of rotatable bonds is 3. The van der Waals surface area contributed by atoms with Crippen LogP contribution in [0, 0.1) is 6.92 Å². The topological polar surface area (TPSA) is 29.9 Å². The van der Waals surface area contributed by atoms with E-state index in [-0.39, 0.29) is 6.04 Å². The van der Waals surface area contributed by atoms with Crippen LogP contribution in [0.4, 0.5) is 5.95 Å². The number of hydrogen-bond acceptors (Lipinski definition) is 2. The van der Waals surface area contributed by atoms with E-state index >= 15 is 0 Å². The number of aryl methyl sites for hydroxylation is 1. The van der Waals surface area contributed by atoms with Crippen LogP contribution >= 0.6 is 15.9 Å². The number of aromatic nitrogens is 2. The third kappa shape index (κ3) is 2.52. The van der Waals surface area contributed by atoms with E-state index in [1.165, 1.54) is 5.56 Å². The molecule has 4 heteroatoms. The van der Waals surface area contributed by atoms with Crippen LogP contribution in [0.25, 0.3) is 0 Å². The molecule has 1 atom stereocenters. The van der Waals surface area contributed by atoms with E-state index in [1.807, 2.05) is 14.0 Å². The van der Waals surface area contributed by atoms with Gasteiger partial charge >= 0.3 is 0 Å². The standard InChI is InChI=1S/C13H16BrN3/c1-9-8-17(13(15-3)16-9)10(2)11-4-6-12(14)7-5-11/h4-8,10H,1-3H3,(H,15,16). The minimum absolute atomic E-state index is 0.270. The Morgan fingerprint density at radius 2 is 1.94 bits per heavy atom. The van der Waals surface area contributed by atoms with Gasteiger partial charge in [-0.05, 0) is 31.5 Å². The largest absolute Gasteiger partial charge is 0.359 e. The van der Waals surface area contributed by atoms with Gasteiger partial charge in [-0.15, -0.1) is 0 Å². The molecule has 1 N–H and O–H groups in total. The highest BCUT2D eigenvalue weighted by molar-refractivity contribution is 9.10. The molecule has 0 fully saturated rings. The number of benzene rings is 1. The van der Waals surface area contributed by atoms with Crippen LogP contribution in [0.1, 0.15) is 24.2 Å².